The third-order valence-corrected chi connectivity index (χ3v) is 1.79. The number of likely N-dealkylation sites (N-methyl/N-ethyl adjacent to an activating group) is 1. The number of rotatable bonds is 6. The summed E-state index contributed by atoms with van der Waals surface area (Å²) in [5.41, 5.74) is 0. The SMILES string of the molecule is CC(OCC(=O)N(C)CCC#N)C(=O)O. The van der Waals surface area contributed by atoms with E-state index in [2.05, 4.69) is 0 Å². The molecule has 15 heavy (non-hydrogen) atoms. The van der Waals surface area contributed by atoms with Crippen LogP contribution in [0.2, 0.25) is 0 Å². The van der Waals surface area contributed by atoms with E-state index < -0.39 is 12.1 Å². The largest absolute Gasteiger partial charge is 0.479 e. The van der Waals surface area contributed by atoms with Crippen molar-refractivity contribution in [3.8, 4) is 6.07 Å². The Kier molecular flexibility index (Phi) is 6.06. The van der Waals surface area contributed by atoms with E-state index in [1.54, 1.807) is 0 Å². The van der Waals surface area contributed by atoms with Crippen LogP contribution in [-0.2, 0) is 14.3 Å². The van der Waals surface area contributed by atoms with Gasteiger partial charge < -0.3 is 14.7 Å². The number of aliphatic carboxylic acids is 1. The summed E-state index contributed by atoms with van der Waals surface area (Å²) in [5, 5.41) is 16.8. The van der Waals surface area contributed by atoms with E-state index in [0.29, 0.717) is 6.54 Å². The fourth-order valence-corrected chi connectivity index (χ4v) is 0.720. The topological polar surface area (TPSA) is 90.6 Å². The van der Waals surface area contributed by atoms with E-state index in [1.165, 1.54) is 18.9 Å². The zero-order valence-electron chi connectivity index (χ0n) is 8.77. The Morgan fingerprint density at radius 2 is 2.20 bits per heavy atom. The minimum atomic E-state index is -1.11. The average molecular weight is 214 g/mol. The van der Waals surface area contributed by atoms with Gasteiger partial charge >= 0.3 is 5.97 Å². The van der Waals surface area contributed by atoms with Gasteiger partial charge in [-0.1, -0.05) is 0 Å². The third kappa shape index (κ3) is 5.65. The van der Waals surface area contributed by atoms with E-state index in [0.717, 1.165) is 0 Å². The van der Waals surface area contributed by atoms with Crippen LogP contribution in [0.25, 0.3) is 0 Å². The molecule has 0 saturated heterocycles. The van der Waals surface area contributed by atoms with E-state index in [1.807, 2.05) is 6.07 Å². The first-order valence-electron chi connectivity index (χ1n) is 4.44. The van der Waals surface area contributed by atoms with Crippen molar-refractivity contribution in [3.05, 3.63) is 0 Å². The molecular formula is C9H14N2O4. The number of carbonyl (C=O) groups is 2. The smallest absolute Gasteiger partial charge is 0.332 e. The molecule has 0 rings (SSSR count). The van der Waals surface area contributed by atoms with E-state index in [9.17, 15) is 9.59 Å². The number of nitrogens with zero attached hydrogens (tertiary/aromatic N) is 2. The fraction of sp³-hybridized carbons (Fsp3) is 0.667. The van der Waals surface area contributed by atoms with Gasteiger partial charge in [0.05, 0.1) is 12.5 Å². The summed E-state index contributed by atoms with van der Waals surface area (Å²) in [5.74, 6) is -1.44. The lowest BCUT2D eigenvalue weighted by molar-refractivity contribution is -0.152. The monoisotopic (exact) mass is 214 g/mol. The van der Waals surface area contributed by atoms with Gasteiger partial charge in [0, 0.05) is 13.6 Å². The minimum Gasteiger partial charge on any atom is -0.479 e. The highest BCUT2D eigenvalue weighted by Gasteiger charge is 2.15. The van der Waals surface area contributed by atoms with Crippen molar-refractivity contribution in [3.63, 3.8) is 0 Å². The average Bonchev–Trinajstić information content (AvgIpc) is 2.21. The molecule has 6 heteroatoms. The van der Waals surface area contributed by atoms with Crippen molar-refractivity contribution < 1.29 is 19.4 Å². The first kappa shape index (κ1) is 13.4. The number of carbonyl (C=O) groups excluding carboxylic acids is 1. The molecule has 0 aliphatic rings. The molecule has 6 nitrogen and oxygen atoms in total. The maximum Gasteiger partial charge on any atom is 0.332 e. The normalized spacial score (nSPS) is 11.5. The summed E-state index contributed by atoms with van der Waals surface area (Å²) < 4.78 is 4.79. The highest BCUT2D eigenvalue weighted by molar-refractivity contribution is 5.78. The Hall–Kier alpha value is -1.61. The summed E-state index contributed by atoms with van der Waals surface area (Å²) >= 11 is 0. The standard InChI is InChI=1S/C9H14N2O4/c1-7(9(13)14)15-6-8(12)11(2)5-3-4-10/h7H,3,5-6H2,1-2H3,(H,13,14). The van der Waals surface area contributed by atoms with Gasteiger partial charge in [-0.2, -0.15) is 5.26 Å². The second-order valence-electron chi connectivity index (χ2n) is 3.01. The Balaban J connectivity index is 3.83. The molecule has 0 aliphatic carbocycles. The van der Waals surface area contributed by atoms with Crippen LogP contribution < -0.4 is 0 Å². The Bertz CT molecular complexity index is 272. The van der Waals surface area contributed by atoms with Gasteiger partial charge in [-0.25, -0.2) is 4.79 Å². The maximum absolute atomic E-state index is 11.3. The molecule has 1 amide bonds. The number of carboxylic acids is 1. The predicted octanol–water partition coefficient (Wildman–Crippen LogP) is -0.152. The molecule has 1 atom stereocenters. The first-order chi connectivity index (χ1) is 6.99. The fourth-order valence-electron chi connectivity index (χ4n) is 0.720. The van der Waals surface area contributed by atoms with Crippen LogP contribution in [0.4, 0.5) is 0 Å². The van der Waals surface area contributed by atoms with E-state index in [4.69, 9.17) is 15.1 Å². The summed E-state index contributed by atoms with van der Waals surface area (Å²) in [6.07, 6.45) is -0.755. The lowest BCUT2D eigenvalue weighted by atomic mass is 10.4. The molecule has 1 N–H and O–H groups in total. The minimum absolute atomic E-state index is 0.247. The highest BCUT2D eigenvalue weighted by atomic mass is 16.5. The van der Waals surface area contributed by atoms with Crippen LogP contribution in [-0.4, -0.2) is 48.2 Å². The summed E-state index contributed by atoms with van der Waals surface area (Å²) in [4.78, 5) is 23.0. The molecule has 0 spiro atoms. The van der Waals surface area contributed by atoms with E-state index >= 15 is 0 Å². The summed E-state index contributed by atoms with van der Waals surface area (Å²) in [6.45, 7) is 1.39. The molecule has 1 unspecified atom stereocenters. The van der Waals surface area contributed by atoms with Crippen molar-refractivity contribution in [2.24, 2.45) is 0 Å². The van der Waals surface area contributed by atoms with Crippen molar-refractivity contribution >= 4 is 11.9 Å². The molecule has 0 saturated carbocycles. The van der Waals surface area contributed by atoms with Crippen molar-refractivity contribution in [1.82, 2.24) is 4.90 Å². The van der Waals surface area contributed by atoms with Gasteiger partial charge in [0.2, 0.25) is 5.91 Å². The lowest BCUT2D eigenvalue weighted by Crippen LogP contribution is -2.33. The molecule has 0 aromatic heterocycles. The van der Waals surface area contributed by atoms with Crippen molar-refractivity contribution in [2.75, 3.05) is 20.2 Å². The van der Waals surface area contributed by atoms with Crippen LogP contribution in [0.3, 0.4) is 0 Å². The van der Waals surface area contributed by atoms with E-state index in [-0.39, 0.29) is 18.9 Å². The number of hydrogen-bond donors (Lipinski definition) is 1. The molecular weight excluding hydrogens is 200 g/mol. The van der Waals surface area contributed by atoms with Gasteiger partial charge in [0.15, 0.2) is 6.10 Å². The predicted molar refractivity (Wildman–Crippen MR) is 50.9 cm³/mol. The Labute approximate surface area is 88.0 Å². The second kappa shape index (κ2) is 6.79. The molecule has 0 aliphatic heterocycles. The Morgan fingerprint density at radius 3 is 2.67 bits per heavy atom. The number of hydrogen-bond acceptors (Lipinski definition) is 4. The zero-order chi connectivity index (χ0) is 11.8. The van der Waals surface area contributed by atoms with Gasteiger partial charge in [-0.15, -0.1) is 0 Å². The molecule has 0 aromatic carbocycles. The lowest BCUT2D eigenvalue weighted by Gasteiger charge is -2.16. The summed E-state index contributed by atoms with van der Waals surface area (Å²) in [6, 6.07) is 1.91. The number of amides is 1. The Morgan fingerprint density at radius 1 is 1.60 bits per heavy atom. The molecule has 84 valence electrons. The van der Waals surface area contributed by atoms with Crippen LogP contribution in [0.1, 0.15) is 13.3 Å². The van der Waals surface area contributed by atoms with Crippen molar-refractivity contribution in [1.29, 1.82) is 5.26 Å². The van der Waals surface area contributed by atoms with Gasteiger partial charge in [-0.3, -0.25) is 4.79 Å². The summed E-state index contributed by atoms with van der Waals surface area (Å²) in [7, 11) is 1.54. The molecule has 0 aromatic rings. The molecule has 0 radical (unpaired) electrons. The first-order valence-corrected chi connectivity index (χ1v) is 4.44. The second-order valence-corrected chi connectivity index (χ2v) is 3.01. The molecule has 0 heterocycles. The van der Waals surface area contributed by atoms with Gasteiger partial charge in [0.25, 0.3) is 0 Å². The zero-order valence-corrected chi connectivity index (χ0v) is 8.77. The van der Waals surface area contributed by atoms with Crippen molar-refractivity contribution in [2.45, 2.75) is 19.4 Å². The molecule has 0 bridgehead atoms. The van der Waals surface area contributed by atoms with Gasteiger partial charge in [-0.05, 0) is 6.92 Å². The van der Waals surface area contributed by atoms with Crippen LogP contribution in [0.15, 0.2) is 0 Å². The number of carboxylic acid groups (broad SMARTS) is 1. The maximum atomic E-state index is 11.3. The van der Waals surface area contributed by atoms with Crippen LogP contribution in [0.5, 0.6) is 0 Å². The highest BCUT2D eigenvalue weighted by Crippen LogP contribution is 1.94. The van der Waals surface area contributed by atoms with Crippen LogP contribution in [0, 0.1) is 11.3 Å². The van der Waals surface area contributed by atoms with Crippen LogP contribution >= 0.6 is 0 Å². The van der Waals surface area contributed by atoms with Gasteiger partial charge in [0.1, 0.15) is 6.61 Å². The number of nitriles is 1. The third-order valence-electron chi connectivity index (χ3n) is 1.79. The number of ether oxygens (including phenoxy) is 1. The quantitative estimate of drug-likeness (QED) is 0.663. The molecule has 0 fully saturated rings.